The minimum atomic E-state index is -1.38. The number of hydrogen-bond acceptors (Lipinski definition) is 3. The first-order valence-corrected chi connectivity index (χ1v) is 12.8. The van der Waals surface area contributed by atoms with Crippen molar-refractivity contribution in [2.45, 2.75) is 59.5 Å². The Bertz CT molecular complexity index is 1350. The second kappa shape index (κ2) is 12.7. The predicted molar refractivity (Wildman–Crippen MR) is 146 cm³/mol. The van der Waals surface area contributed by atoms with Crippen molar-refractivity contribution in [3.63, 3.8) is 0 Å². The molecule has 0 aliphatic rings. The zero-order valence-corrected chi connectivity index (χ0v) is 22.8. The molecule has 0 aliphatic carbocycles. The summed E-state index contributed by atoms with van der Waals surface area (Å²) in [6, 6.07) is 12.4. The number of hydrogen-bond donors (Lipinski definition) is 3. The molecule has 0 fully saturated rings. The first kappa shape index (κ1) is 29.5. The fraction of sp³-hybridized carbons (Fsp3) is 0.323. The normalized spacial score (nSPS) is 12.6. The van der Waals surface area contributed by atoms with Crippen LogP contribution in [-0.2, 0) is 9.59 Å². The van der Waals surface area contributed by atoms with Crippen molar-refractivity contribution in [2.75, 3.05) is 0 Å². The van der Waals surface area contributed by atoms with Crippen molar-refractivity contribution in [1.82, 2.24) is 10.6 Å². The van der Waals surface area contributed by atoms with Crippen LogP contribution in [0, 0.1) is 38.3 Å². The molecule has 8 heteroatoms. The second-order valence-corrected chi connectivity index (χ2v) is 10.3. The number of rotatable bonds is 10. The third-order valence-electron chi connectivity index (χ3n) is 6.54. The summed E-state index contributed by atoms with van der Waals surface area (Å²) >= 11 is 0. The molecule has 206 valence electrons. The van der Waals surface area contributed by atoms with E-state index in [-0.39, 0.29) is 17.9 Å². The monoisotopic (exact) mass is 536 g/mol. The molecule has 0 spiro atoms. The largest absolute Gasteiger partial charge is 0.481 e. The van der Waals surface area contributed by atoms with Gasteiger partial charge >= 0.3 is 5.97 Å². The quantitative estimate of drug-likeness (QED) is 0.295. The summed E-state index contributed by atoms with van der Waals surface area (Å²) < 4.78 is 30.0. The fourth-order valence-corrected chi connectivity index (χ4v) is 4.61. The second-order valence-electron chi connectivity index (χ2n) is 10.3. The molecule has 0 radical (unpaired) electrons. The number of halogens is 2. The maximum atomic E-state index is 15.1. The molecule has 3 N–H and O–H groups in total. The van der Waals surface area contributed by atoms with Gasteiger partial charge in [0.1, 0.15) is 6.04 Å². The van der Waals surface area contributed by atoms with Crippen LogP contribution in [0.4, 0.5) is 8.78 Å². The van der Waals surface area contributed by atoms with Gasteiger partial charge in [-0.1, -0.05) is 49.7 Å². The summed E-state index contributed by atoms with van der Waals surface area (Å²) in [4.78, 5) is 38.0. The van der Waals surface area contributed by atoms with Crippen LogP contribution in [-0.4, -0.2) is 28.9 Å². The van der Waals surface area contributed by atoms with Crippen LogP contribution in [0.15, 0.2) is 54.6 Å². The summed E-state index contributed by atoms with van der Waals surface area (Å²) in [5.41, 5.74) is 3.78. The summed E-state index contributed by atoms with van der Waals surface area (Å²) in [5, 5.41) is 14.8. The van der Waals surface area contributed by atoms with E-state index < -0.39 is 47.9 Å². The van der Waals surface area contributed by atoms with Crippen LogP contribution in [0.25, 0.3) is 11.1 Å². The molecule has 3 rings (SSSR count). The Morgan fingerprint density at radius 1 is 0.897 bits per heavy atom. The van der Waals surface area contributed by atoms with Gasteiger partial charge in [-0.05, 0) is 79.6 Å². The van der Waals surface area contributed by atoms with Crippen LogP contribution in [0.3, 0.4) is 0 Å². The lowest BCUT2D eigenvalue weighted by Gasteiger charge is -2.25. The SMILES string of the molecule is Cc1ccc(C(=O)N[C@@H](CC(C)C)C(=O)N[C@@H](CC(=O)O)c2cc(-c3c(C)cccc3C)cc(F)c2F)cc1. The van der Waals surface area contributed by atoms with Crippen molar-refractivity contribution in [3.8, 4) is 11.1 Å². The number of nitrogens with one attached hydrogen (secondary N) is 2. The van der Waals surface area contributed by atoms with Gasteiger partial charge < -0.3 is 15.7 Å². The average Bonchev–Trinajstić information content (AvgIpc) is 2.85. The van der Waals surface area contributed by atoms with E-state index in [9.17, 15) is 23.9 Å². The Kier molecular flexibility index (Phi) is 9.56. The molecule has 2 atom stereocenters. The Morgan fingerprint density at radius 3 is 2.08 bits per heavy atom. The molecule has 0 bridgehead atoms. The van der Waals surface area contributed by atoms with E-state index in [0.29, 0.717) is 16.7 Å². The Morgan fingerprint density at radius 2 is 1.51 bits per heavy atom. The number of carboxylic acid groups (broad SMARTS) is 1. The molecule has 3 aromatic carbocycles. The van der Waals surface area contributed by atoms with Gasteiger partial charge in [0.15, 0.2) is 11.6 Å². The summed E-state index contributed by atoms with van der Waals surface area (Å²) in [6.45, 7) is 9.31. The smallest absolute Gasteiger partial charge is 0.305 e. The van der Waals surface area contributed by atoms with Gasteiger partial charge in [0, 0.05) is 11.1 Å². The van der Waals surface area contributed by atoms with Crippen molar-refractivity contribution < 1.29 is 28.3 Å². The Labute approximate surface area is 227 Å². The molecule has 0 saturated carbocycles. The van der Waals surface area contributed by atoms with Gasteiger partial charge in [-0.15, -0.1) is 0 Å². The third kappa shape index (κ3) is 7.50. The van der Waals surface area contributed by atoms with E-state index in [4.69, 9.17) is 0 Å². The molecule has 39 heavy (non-hydrogen) atoms. The minimum Gasteiger partial charge on any atom is -0.481 e. The van der Waals surface area contributed by atoms with Crippen molar-refractivity contribution >= 4 is 17.8 Å². The number of amides is 2. The molecular weight excluding hydrogens is 502 g/mol. The van der Waals surface area contributed by atoms with Crippen LogP contribution in [0.5, 0.6) is 0 Å². The van der Waals surface area contributed by atoms with Gasteiger partial charge in [-0.2, -0.15) is 0 Å². The van der Waals surface area contributed by atoms with Gasteiger partial charge in [-0.3, -0.25) is 14.4 Å². The van der Waals surface area contributed by atoms with Crippen molar-refractivity contribution in [2.24, 2.45) is 5.92 Å². The number of carboxylic acids is 1. The summed E-state index contributed by atoms with van der Waals surface area (Å²) in [7, 11) is 0. The minimum absolute atomic E-state index is 0.00136. The molecular formula is C31H34F2N2O4. The fourth-order valence-electron chi connectivity index (χ4n) is 4.61. The number of benzene rings is 3. The maximum Gasteiger partial charge on any atom is 0.305 e. The van der Waals surface area contributed by atoms with Gasteiger partial charge in [-0.25, -0.2) is 8.78 Å². The zero-order valence-electron chi connectivity index (χ0n) is 22.8. The number of carbonyl (C=O) groups is 3. The molecule has 0 heterocycles. The van der Waals surface area contributed by atoms with Crippen LogP contribution in [0.2, 0.25) is 0 Å². The first-order chi connectivity index (χ1) is 18.4. The lowest BCUT2D eigenvalue weighted by Crippen LogP contribution is -2.48. The molecule has 0 unspecified atom stereocenters. The van der Waals surface area contributed by atoms with Gasteiger partial charge in [0.05, 0.1) is 12.5 Å². The topological polar surface area (TPSA) is 95.5 Å². The Hall–Kier alpha value is -4.07. The highest BCUT2D eigenvalue weighted by Crippen LogP contribution is 2.33. The standard InChI is InChI=1S/C31H34F2N2O4/c1-17(2)13-26(35-30(38)21-11-9-18(3)10-12-21)31(39)34-25(16-27(36)37)23-14-22(15-24(32)29(23)33)28-19(4)7-6-8-20(28)5/h6-12,14-15,17,25-26H,13,16H2,1-5H3,(H,34,39)(H,35,38)(H,36,37)/t25-,26-/m0/s1. The molecule has 0 saturated heterocycles. The average molecular weight is 537 g/mol. The molecule has 3 aromatic rings. The number of aryl methyl sites for hydroxylation is 3. The van der Waals surface area contributed by atoms with E-state index >= 15 is 4.39 Å². The number of aliphatic carboxylic acids is 1. The lowest BCUT2D eigenvalue weighted by molar-refractivity contribution is -0.137. The molecule has 6 nitrogen and oxygen atoms in total. The van der Waals surface area contributed by atoms with Crippen LogP contribution < -0.4 is 10.6 Å². The highest BCUT2D eigenvalue weighted by molar-refractivity contribution is 5.97. The lowest BCUT2D eigenvalue weighted by atomic mass is 9.92. The van der Waals surface area contributed by atoms with E-state index in [0.717, 1.165) is 22.8 Å². The van der Waals surface area contributed by atoms with Crippen molar-refractivity contribution in [1.29, 1.82) is 0 Å². The zero-order chi connectivity index (χ0) is 28.9. The maximum absolute atomic E-state index is 15.1. The van der Waals surface area contributed by atoms with Crippen LogP contribution in [0.1, 0.15) is 65.3 Å². The van der Waals surface area contributed by atoms with E-state index in [1.165, 1.54) is 6.07 Å². The summed E-state index contributed by atoms with van der Waals surface area (Å²) in [5.74, 6) is -4.85. The predicted octanol–water partition coefficient (Wildman–Crippen LogP) is 6.03. The molecule has 0 aromatic heterocycles. The van der Waals surface area contributed by atoms with E-state index in [1.807, 2.05) is 52.8 Å². The molecule has 2 amide bonds. The van der Waals surface area contributed by atoms with E-state index in [1.54, 1.807) is 24.3 Å². The highest BCUT2D eigenvalue weighted by Gasteiger charge is 2.29. The molecule has 0 aliphatic heterocycles. The Balaban J connectivity index is 1.97. The van der Waals surface area contributed by atoms with Crippen LogP contribution >= 0.6 is 0 Å². The van der Waals surface area contributed by atoms with Gasteiger partial charge in [0.25, 0.3) is 5.91 Å². The summed E-state index contributed by atoms with van der Waals surface area (Å²) in [6.07, 6.45) is -0.429. The highest BCUT2D eigenvalue weighted by atomic mass is 19.2. The van der Waals surface area contributed by atoms with Crippen molar-refractivity contribution in [3.05, 3.63) is 94.0 Å². The first-order valence-electron chi connectivity index (χ1n) is 12.8. The number of carbonyl (C=O) groups excluding carboxylic acids is 2. The third-order valence-corrected chi connectivity index (χ3v) is 6.54. The van der Waals surface area contributed by atoms with E-state index in [2.05, 4.69) is 10.6 Å². The van der Waals surface area contributed by atoms with Gasteiger partial charge in [0.2, 0.25) is 5.91 Å².